The van der Waals surface area contributed by atoms with Crippen LogP contribution in [0.3, 0.4) is 0 Å². The van der Waals surface area contributed by atoms with Crippen LogP contribution in [0, 0.1) is 6.92 Å². The molecule has 0 amide bonds. The highest BCUT2D eigenvalue weighted by Gasteiger charge is 2.21. The molecule has 1 aromatic heterocycles. The molecule has 0 saturated carbocycles. The van der Waals surface area contributed by atoms with Crippen molar-refractivity contribution in [2.24, 2.45) is 4.99 Å². The van der Waals surface area contributed by atoms with Gasteiger partial charge in [0.05, 0.1) is 0 Å². The maximum Gasteiger partial charge on any atom is 0.244 e. The molecule has 2 nitrogen and oxygen atoms in total. The Hall–Kier alpha value is -0.520. The predicted molar refractivity (Wildman–Crippen MR) is 75.2 cm³/mol. The van der Waals surface area contributed by atoms with Crippen molar-refractivity contribution in [3.63, 3.8) is 0 Å². The van der Waals surface area contributed by atoms with Gasteiger partial charge in [-0.15, -0.1) is 11.3 Å². The van der Waals surface area contributed by atoms with Crippen molar-refractivity contribution in [2.75, 3.05) is 5.75 Å². The molecule has 0 radical (unpaired) electrons. The summed E-state index contributed by atoms with van der Waals surface area (Å²) >= 11 is 4.53. The highest BCUT2D eigenvalue weighted by molar-refractivity contribution is 8.45. The number of nitrogens with zero attached hydrogens (tertiary/aromatic N) is 1. The largest absolute Gasteiger partial charge is 0.279 e. The zero-order valence-electron chi connectivity index (χ0n) is 9.02. The fourth-order valence-corrected chi connectivity index (χ4v) is 3.79. The van der Waals surface area contributed by atoms with Gasteiger partial charge < -0.3 is 0 Å². The fourth-order valence-electron chi connectivity index (χ4n) is 1.24. The number of rotatable bonds is 2. The first-order valence-electron chi connectivity index (χ1n) is 4.91. The Morgan fingerprint density at radius 1 is 1.50 bits per heavy atom. The SMILES string of the molecule is CCSC1=NC(=Cc2ccc(C)s2)C(=O)S1. The summed E-state index contributed by atoms with van der Waals surface area (Å²) in [5.41, 5.74) is 0.572. The van der Waals surface area contributed by atoms with Gasteiger partial charge in [0.2, 0.25) is 5.12 Å². The molecule has 84 valence electrons. The zero-order valence-corrected chi connectivity index (χ0v) is 11.5. The first kappa shape index (κ1) is 12.0. The lowest BCUT2D eigenvalue weighted by atomic mass is 10.3. The van der Waals surface area contributed by atoms with Gasteiger partial charge >= 0.3 is 0 Å². The first-order chi connectivity index (χ1) is 7.69. The molecular formula is C11H11NOS3. The number of thiophene rings is 1. The summed E-state index contributed by atoms with van der Waals surface area (Å²) in [6.45, 7) is 4.11. The predicted octanol–water partition coefficient (Wildman–Crippen LogP) is 3.78. The molecule has 2 heterocycles. The Bertz CT molecular complexity index is 473. The Balaban J connectivity index is 2.21. The molecule has 0 atom stereocenters. The molecule has 0 spiro atoms. The van der Waals surface area contributed by atoms with E-state index >= 15 is 0 Å². The number of thioether (sulfide) groups is 2. The second-order valence-electron chi connectivity index (χ2n) is 3.18. The van der Waals surface area contributed by atoms with Crippen molar-refractivity contribution in [3.05, 3.63) is 27.6 Å². The van der Waals surface area contributed by atoms with Crippen LogP contribution in [0.15, 0.2) is 22.8 Å². The van der Waals surface area contributed by atoms with Crippen LogP contribution in [0.1, 0.15) is 16.7 Å². The van der Waals surface area contributed by atoms with Gasteiger partial charge in [-0.2, -0.15) is 0 Å². The van der Waals surface area contributed by atoms with Gasteiger partial charge in [-0.3, -0.25) is 4.79 Å². The normalized spacial score (nSPS) is 18.2. The average molecular weight is 269 g/mol. The van der Waals surface area contributed by atoms with E-state index in [2.05, 4.69) is 24.9 Å². The van der Waals surface area contributed by atoms with Crippen LogP contribution in [0.4, 0.5) is 0 Å². The summed E-state index contributed by atoms with van der Waals surface area (Å²) in [4.78, 5) is 18.3. The summed E-state index contributed by atoms with van der Waals surface area (Å²) in [6.07, 6.45) is 1.87. The maximum absolute atomic E-state index is 11.6. The van der Waals surface area contributed by atoms with E-state index in [-0.39, 0.29) is 5.12 Å². The third-order valence-electron chi connectivity index (χ3n) is 1.91. The molecule has 0 N–H and O–H groups in total. The Morgan fingerprint density at radius 2 is 2.31 bits per heavy atom. The Morgan fingerprint density at radius 3 is 2.94 bits per heavy atom. The molecule has 2 rings (SSSR count). The third kappa shape index (κ3) is 2.78. The third-order valence-corrected chi connectivity index (χ3v) is 4.75. The summed E-state index contributed by atoms with van der Waals surface area (Å²) in [5, 5.41) is 0.0574. The van der Waals surface area contributed by atoms with Crippen molar-refractivity contribution in [3.8, 4) is 0 Å². The van der Waals surface area contributed by atoms with E-state index in [1.807, 2.05) is 12.1 Å². The molecule has 1 aromatic rings. The van der Waals surface area contributed by atoms with Gasteiger partial charge in [0.1, 0.15) is 10.1 Å². The first-order valence-corrected chi connectivity index (χ1v) is 7.52. The molecule has 0 aliphatic carbocycles. The molecule has 1 aliphatic rings. The van der Waals surface area contributed by atoms with E-state index in [1.165, 1.54) is 16.6 Å². The molecule has 1 aliphatic heterocycles. The van der Waals surface area contributed by atoms with E-state index in [0.29, 0.717) is 5.70 Å². The van der Waals surface area contributed by atoms with Crippen molar-refractivity contribution in [2.45, 2.75) is 13.8 Å². The molecule has 0 bridgehead atoms. The number of aliphatic imine (C=N–C) groups is 1. The summed E-state index contributed by atoms with van der Waals surface area (Å²) in [6, 6.07) is 4.07. The lowest BCUT2D eigenvalue weighted by Gasteiger charge is -1.89. The van der Waals surface area contributed by atoms with Gasteiger partial charge in [-0.25, -0.2) is 4.99 Å². The smallest absolute Gasteiger partial charge is 0.244 e. The highest BCUT2D eigenvalue weighted by Crippen LogP contribution is 2.31. The molecule has 0 unspecified atom stereocenters. The fraction of sp³-hybridized carbons (Fsp3) is 0.273. The van der Waals surface area contributed by atoms with Crippen molar-refractivity contribution in [1.82, 2.24) is 0 Å². The standard InChI is InChI=1S/C11H11NOS3/c1-3-14-11-12-9(10(13)16-11)6-8-5-4-7(2)15-8/h4-6H,3H2,1-2H3. The Kier molecular flexibility index (Phi) is 3.89. The summed E-state index contributed by atoms with van der Waals surface area (Å²) in [5.74, 6) is 0.949. The number of hydrogen-bond donors (Lipinski definition) is 0. The van der Waals surface area contributed by atoms with E-state index < -0.39 is 0 Å². The van der Waals surface area contributed by atoms with Gasteiger partial charge in [0, 0.05) is 9.75 Å². The zero-order chi connectivity index (χ0) is 11.5. The van der Waals surface area contributed by atoms with Crippen LogP contribution < -0.4 is 0 Å². The van der Waals surface area contributed by atoms with Crippen LogP contribution in [0.5, 0.6) is 0 Å². The molecule has 16 heavy (non-hydrogen) atoms. The molecule has 0 fully saturated rings. The van der Waals surface area contributed by atoms with Crippen LogP contribution in [0.25, 0.3) is 6.08 Å². The van der Waals surface area contributed by atoms with Gasteiger partial charge in [-0.1, -0.05) is 18.7 Å². The average Bonchev–Trinajstić information content (AvgIpc) is 2.76. The summed E-state index contributed by atoms with van der Waals surface area (Å²) < 4.78 is 0.868. The van der Waals surface area contributed by atoms with Crippen LogP contribution in [-0.4, -0.2) is 15.2 Å². The monoisotopic (exact) mass is 269 g/mol. The van der Waals surface area contributed by atoms with Crippen molar-refractivity contribution >= 4 is 50.4 Å². The molecule has 0 aromatic carbocycles. The van der Waals surface area contributed by atoms with Crippen molar-refractivity contribution in [1.29, 1.82) is 0 Å². The van der Waals surface area contributed by atoms with Crippen LogP contribution in [0.2, 0.25) is 0 Å². The van der Waals surface area contributed by atoms with E-state index in [4.69, 9.17) is 0 Å². The Labute approximate surface area is 107 Å². The van der Waals surface area contributed by atoms with Crippen LogP contribution >= 0.6 is 34.9 Å². The van der Waals surface area contributed by atoms with E-state index in [0.717, 1.165) is 15.0 Å². The maximum atomic E-state index is 11.6. The number of hydrogen-bond acceptors (Lipinski definition) is 5. The number of carbonyl (C=O) groups is 1. The highest BCUT2D eigenvalue weighted by atomic mass is 32.2. The van der Waals surface area contributed by atoms with Crippen molar-refractivity contribution < 1.29 is 4.79 Å². The number of carbonyl (C=O) groups excluding carboxylic acids is 1. The lowest BCUT2D eigenvalue weighted by molar-refractivity contribution is -0.107. The second-order valence-corrected chi connectivity index (χ2v) is 6.97. The molecule has 5 heteroatoms. The number of aryl methyl sites for hydroxylation is 1. The van der Waals surface area contributed by atoms with Crippen LogP contribution in [-0.2, 0) is 4.79 Å². The van der Waals surface area contributed by atoms with Gasteiger partial charge in [0.25, 0.3) is 0 Å². The second kappa shape index (κ2) is 5.21. The van der Waals surface area contributed by atoms with E-state index in [9.17, 15) is 4.79 Å². The quantitative estimate of drug-likeness (QED) is 0.765. The minimum absolute atomic E-state index is 0.0574. The minimum atomic E-state index is 0.0574. The van der Waals surface area contributed by atoms with Gasteiger partial charge in [0.15, 0.2) is 0 Å². The van der Waals surface area contributed by atoms with Gasteiger partial charge in [-0.05, 0) is 42.6 Å². The topological polar surface area (TPSA) is 29.4 Å². The summed E-state index contributed by atoms with van der Waals surface area (Å²) in [7, 11) is 0. The van der Waals surface area contributed by atoms with E-state index in [1.54, 1.807) is 23.1 Å². The lowest BCUT2D eigenvalue weighted by Crippen LogP contribution is -1.87. The minimum Gasteiger partial charge on any atom is -0.279 e. The molecular weight excluding hydrogens is 258 g/mol. The molecule has 0 saturated heterocycles.